The van der Waals surface area contributed by atoms with Crippen LogP contribution in [0.3, 0.4) is 0 Å². The maximum absolute atomic E-state index is 12.5. The molecule has 0 radical (unpaired) electrons. The molecule has 0 aliphatic heterocycles. The Morgan fingerprint density at radius 3 is 1.43 bits per heavy atom. The first-order valence-corrected chi connectivity index (χ1v) is 9.77. The summed E-state index contributed by atoms with van der Waals surface area (Å²) in [7, 11) is 0. The van der Waals surface area contributed by atoms with Crippen LogP contribution in [0, 0.1) is 0 Å². The molecule has 2 amide bonds. The van der Waals surface area contributed by atoms with Crippen LogP contribution in [0.2, 0.25) is 0 Å². The highest BCUT2D eigenvalue weighted by atomic mass is 16.5. The van der Waals surface area contributed by atoms with E-state index in [1.54, 1.807) is 60.7 Å². The first kappa shape index (κ1) is 20.9. The summed E-state index contributed by atoms with van der Waals surface area (Å²) in [6.07, 6.45) is 0. The standard InChI is InChI=1S/C24H24N2O4/c1-3-29-21-9-5-7-17(15-21)23(27)25-19-11-13-20(14-12-19)26-24(28)18-8-6-10-22(16-18)30-4-2/h5-16H,3-4H2,1-2H3,(H,25,27)(H,26,28). The molecule has 3 aromatic carbocycles. The third-order valence-electron chi connectivity index (χ3n) is 4.22. The van der Waals surface area contributed by atoms with Crippen LogP contribution in [0.5, 0.6) is 11.5 Å². The first-order chi connectivity index (χ1) is 14.6. The van der Waals surface area contributed by atoms with Gasteiger partial charge < -0.3 is 20.1 Å². The molecule has 6 heteroatoms. The molecular weight excluding hydrogens is 380 g/mol. The Hall–Kier alpha value is -3.80. The lowest BCUT2D eigenvalue weighted by Crippen LogP contribution is -2.13. The second-order valence-corrected chi connectivity index (χ2v) is 6.41. The Balaban J connectivity index is 1.62. The van der Waals surface area contributed by atoms with Crippen molar-refractivity contribution in [3.05, 3.63) is 83.9 Å². The molecule has 0 atom stereocenters. The van der Waals surface area contributed by atoms with Gasteiger partial charge in [0.1, 0.15) is 11.5 Å². The quantitative estimate of drug-likeness (QED) is 0.555. The molecule has 0 saturated heterocycles. The molecule has 0 aliphatic carbocycles. The summed E-state index contributed by atoms with van der Waals surface area (Å²) in [5.74, 6) is 0.829. The zero-order valence-corrected chi connectivity index (χ0v) is 17.0. The van der Waals surface area contributed by atoms with Gasteiger partial charge in [-0.3, -0.25) is 9.59 Å². The van der Waals surface area contributed by atoms with Crippen LogP contribution < -0.4 is 20.1 Å². The van der Waals surface area contributed by atoms with Crippen molar-refractivity contribution < 1.29 is 19.1 Å². The van der Waals surface area contributed by atoms with Crippen LogP contribution in [0.25, 0.3) is 0 Å². The molecular formula is C24H24N2O4. The number of hydrogen-bond donors (Lipinski definition) is 2. The van der Waals surface area contributed by atoms with Crippen LogP contribution in [0.1, 0.15) is 34.6 Å². The van der Waals surface area contributed by atoms with Crippen LogP contribution in [0.15, 0.2) is 72.8 Å². The lowest BCUT2D eigenvalue weighted by atomic mass is 10.2. The summed E-state index contributed by atoms with van der Waals surface area (Å²) in [5, 5.41) is 5.68. The summed E-state index contributed by atoms with van der Waals surface area (Å²) < 4.78 is 10.9. The number of nitrogens with one attached hydrogen (secondary N) is 2. The summed E-state index contributed by atoms with van der Waals surface area (Å²) in [5.41, 5.74) is 2.26. The summed E-state index contributed by atoms with van der Waals surface area (Å²) in [4.78, 5) is 24.9. The van der Waals surface area contributed by atoms with E-state index in [9.17, 15) is 9.59 Å². The Kier molecular flexibility index (Phi) is 7.05. The Bertz CT molecular complexity index is 933. The second kappa shape index (κ2) is 10.1. The molecule has 0 unspecified atom stereocenters. The van der Waals surface area contributed by atoms with Crippen LogP contribution in [-0.2, 0) is 0 Å². The fraction of sp³-hybridized carbons (Fsp3) is 0.167. The van der Waals surface area contributed by atoms with Crippen molar-refractivity contribution in [3.63, 3.8) is 0 Å². The van der Waals surface area contributed by atoms with Crippen molar-refractivity contribution in [1.82, 2.24) is 0 Å². The van der Waals surface area contributed by atoms with Gasteiger partial charge in [-0.15, -0.1) is 0 Å². The molecule has 2 N–H and O–H groups in total. The van der Waals surface area contributed by atoms with Gasteiger partial charge in [0.25, 0.3) is 11.8 Å². The van der Waals surface area contributed by atoms with Gasteiger partial charge >= 0.3 is 0 Å². The van der Waals surface area contributed by atoms with Gasteiger partial charge in [0.05, 0.1) is 13.2 Å². The number of ether oxygens (including phenoxy) is 2. The number of rotatable bonds is 8. The molecule has 3 rings (SSSR count). The fourth-order valence-electron chi connectivity index (χ4n) is 2.83. The second-order valence-electron chi connectivity index (χ2n) is 6.41. The van der Waals surface area contributed by atoms with E-state index in [4.69, 9.17) is 9.47 Å². The topological polar surface area (TPSA) is 76.7 Å². The zero-order valence-electron chi connectivity index (χ0n) is 17.0. The smallest absolute Gasteiger partial charge is 0.255 e. The summed E-state index contributed by atoms with van der Waals surface area (Å²) in [6.45, 7) is 4.86. The zero-order chi connectivity index (χ0) is 21.3. The van der Waals surface area contributed by atoms with Crippen LogP contribution in [0.4, 0.5) is 11.4 Å². The van der Waals surface area contributed by atoms with Gasteiger partial charge in [-0.05, 0) is 74.5 Å². The van der Waals surface area contributed by atoms with Gasteiger partial charge in [0.2, 0.25) is 0 Å². The summed E-state index contributed by atoms with van der Waals surface area (Å²) in [6, 6.07) is 20.9. The molecule has 154 valence electrons. The number of hydrogen-bond acceptors (Lipinski definition) is 4. The predicted molar refractivity (Wildman–Crippen MR) is 118 cm³/mol. The predicted octanol–water partition coefficient (Wildman–Crippen LogP) is 4.99. The molecule has 3 aromatic rings. The minimum atomic E-state index is -0.235. The van der Waals surface area contributed by atoms with Gasteiger partial charge in [-0.2, -0.15) is 0 Å². The highest BCUT2D eigenvalue weighted by molar-refractivity contribution is 6.06. The van der Waals surface area contributed by atoms with E-state index in [2.05, 4.69) is 10.6 Å². The number of carbonyl (C=O) groups excluding carboxylic acids is 2. The molecule has 6 nitrogen and oxygen atoms in total. The molecule has 0 fully saturated rings. The van der Waals surface area contributed by atoms with E-state index in [-0.39, 0.29) is 11.8 Å². The Morgan fingerprint density at radius 2 is 1.07 bits per heavy atom. The van der Waals surface area contributed by atoms with Gasteiger partial charge in [-0.1, -0.05) is 12.1 Å². The van der Waals surface area contributed by atoms with Crippen molar-refractivity contribution >= 4 is 23.2 Å². The summed E-state index contributed by atoms with van der Waals surface area (Å²) >= 11 is 0. The first-order valence-electron chi connectivity index (χ1n) is 9.77. The Morgan fingerprint density at radius 1 is 0.667 bits per heavy atom. The molecule has 0 heterocycles. The highest BCUT2D eigenvalue weighted by Crippen LogP contribution is 2.19. The number of amides is 2. The van der Waals surface area contributed by atoms with E-state index < -0.39 is 0 Å². The average molecular weight is 404 g/mol. The number of carbonyl (C=O) groups is 2. The van der Waals surface area contributed by atoms with Crippen molar-refractivity contribution in [2.24, 2.45) is 0 Å². The van der Waals surface area contributed by atoms with E-state index in [1.807, 2.05) is 26.0 Å². The fourth-order valence-corrected chi connectivity index (χ4v) is 2.83. The lowest BCUT2D eigenvalue weighted by Gasteiger charge is -2.10. The number of benzene rings is 3. The minimum absolute atomic E-state index is 0.235. The largest absolute Gasteiger partial charge is 0.494 e. The third-order valence-corrected chi connectivity index (χ3v) is 4.22. The van der Waals surface area contributed by atoms with Gasteiger partial charge in [0.15, 0.2) is 0 Å². The third kappa shape index (κ3) is 5.61. The van der Waals surface area contributed by atoms with E-state index in [0.717, 1.165) is 0 Å². The van der Waals surface area contributed by atoms with Gasteiger partial charge in [0, 0.05) is 22.5 Å². The van der Waals surface area contributed by atoms with E-state index in [0.29, 0.717) is 47.2 Å². The maximum Gasteiger partial charge on any atom is 0.255 e. The van der Waals surface area contributed by atoms with Crippen molar-refractivity contribution in [1.29, 1.82) is 0 Å². The van der Waals surface area contributed by atoms with Gasteiger partial charge in [-0.25, -0.2) is 0 Å². The van der Waals surface area contributed by atoms with Crippen LogP contribution in [-0.4, -0.2) is 25.0 Å². The molecule has 0 bridgehead atoms. The SMILES string of the molecule is CCOc1cccc(C(=O)Nc2ccc(NC(=O)c3cccc(OCC)c3)cc2)c1. The van der Waals surface area contributed by atoms with Crippen molar-refractivity contribution in [3.8, 4) is 11.5 Å². The lowest BCUT2D eigenvalue weighted by molar-refractivity contribution is 0.101. The van der Waals surface area contributed by atoms with E-state index in [1.165, 1.54) is 0 Å². The molecule has 0 saturated carbocycles. The van der Waals surface area contributed by atoms with E-state index >= 15 is 0 Å². The Labute approximate surface area is 175 Å². The monoisotopic (exact) mass is 404 g/mol. The van der Waals surface area contributed by atoms with Crippen molar-refractivity contribution in [2.75, 3.05) is 23.8 Å². The van der Waals surface area contributed by atoms with Crippen molar-refractivity contribution in [2.45, 2.75) is 13.8 Å². The molecule has 0 spiro atoms. The molecule has 30 heavy (non-hydrogen) atoms. The normalized spacial score (nSPS) is 10.2. The molecule has 0 aromatic heterocycles. The highest BCUT2D eigenvalue weighted by Gasteiger charge is 2.09. The maximum atomic E-state index is 12.5. The molecule has 0 aliphatic rings. The van der Waals surface area contributed by atoms with Crippen LogP contribution >= 0.6 is 0 Å². The average Bonchev–Trinajstić information content (AvgIpc) is 2.76. The number of anilines is 2. The minimum Gasteiger partial charge on any atom is -0.494 e.